The first-order valence-electron chi connectivity index (χ1n) is 8.06. The quantitative estimate of drug-likeness (QED) is 0.643. The summed E-state index contributed by atoms with van der Waals surface area (Å²) in [5, 5.41) is 13.1. The number of rotatable bonds is 6. The van der Waals surface area contributed by atoms with Crippen LogP contribution in [0.5, 0.6) is 0 Å². The van der Waals surface area contributed by atoms with Crippen LogP contribution in [0.15, 0.2) is 48.8 Å². The molecule has 7 heteroatoms. The number of nitrogens with zero attached hydrogens (tertiary/aromatic N) is 3. The van der Waals surface area contributed by atoms with Crippen LogP contribution in [0, 0.1) is 6.92 Å². The van der Waals surface area contributed by atoms with Crippen molar-refractivity contribution in [3.63, 3.8) is 0 Å². The third-order valence-corrected chi connectivity index (χ3v) is 3.60. The minimum Gasteiger partial charge on any atom is -0.349 e. The Morgan fingerprint density at radius 1 is 1.20 bits per heavy atom. The SMILES string of the molecule is Cc1cc(CC(C)NC(=O)c2cnc(Nc3ccccc3)nc2)n[nH]1. The largest absolute Gasteiger partial charge is 0.349 e. The zero-order valence-corrected chi connectivity index (χ0v) is 14.2. The lowest BCUT2D eigenvalue weighted by atomic mass is 10.1. The van der Waals surface area contributed by atoms with Crippen molar-refractivity contribution in [1.82, 2.24) is 25.5 Å². The highest BCUT2D eigenvalue weighted by Gasteiger charge is 2.12. The van der Waals surface area contributed by atoms with Crippen LogP contribution in [0.2, 0.25) is 0 Å². The summed E-state index contributed by atoms with van der Waals surface area (Å²) in [7, 11) is 0. The molecule has 1 amide bonds. The van der Waals surface area contributed by atoms with Crippen LogP contribution < -0.4 is 10.6 Å². The number of aryl methyl sites for hydroxylation is 1. The van der Waals surface area contributed by atoms with Crippen molar-refractivity contribution in [2.75, 3.05) is 5.32 Å². The zero-order valence-electron chi connectivity index (χ0n) is 14.2. The first kappa shape index (κ1) is 16.6. The average Bonchev–Trinajstić information content (AvgIpc) is 3.01. The second kappa shape index (κ2) is 7.57. The van der Waals surface area contributed by atoms with E-state index in [0.717, 1.165) is 17.1 Å². The fourth-order valence-corrected chi connectivity index (χ4v) is 2.41. The van der Waals surface area contributed by atoms with Crippen LogP contribution in [-0.4, -0.2) is 32.1 Å². The molecular formula is C18H20N6O. The molecule has 0 saturated carbocycles. The highest BCUT2D eigenvalue weighted by atomic mass is 16.1. The number of carbonyl (C=O) groups is 1. The molecule has 7 nitrogen and oxygen atoms in total. The van der Waals surface area contributed by atoms with Gasteiger partial charge in [-0.15, -0.1) is 0 Å². The van der Waals surface area contributed by atoms with E-state index in [2.05, 4.69) is 30.8 Å². The first-order valence-corrected chi connectivity index (χ1v) is 8.06. The van der Waals surface area contributed by atoms with Crippen molar-refractivity contribution in [3.05, 3.63) is 65.7 Å². The molecule has 0 aliphatic heterocycles. The molecule has 0 fully saturated rings. The molecule has 0 aliphatic carbocycles. The predicted molar refractivity (Wildman–Crippen MR) is 95.7 cm³/mol. The van der Waals surface area contributed by atoms with Gasteiger partial charge in [0.1, 0.15) is 0 Å². The highest BCUT2D eigenvalue weighted by molar-refractivity contribution is 5.93. The van der Waals surface area contributed by atoms with Gasteiger partial charge in [-0.25, -0.2) is 9.97 Å². The molecule has 3 N–H and O–H groups in total. The number of hydrogen-bond donors (Lipinski definition) is 3. The Bertz CT molecular complexity index is 828. The molecule has 0 spiro atoms. The summed E-state index contributed by atoms with van der Waals surface area (Å²) in [5.41, 5.74) is 3.23. The molecule has 1 aromatic carbocycles. The van der Waals surface area contributed by atoms with Crippen LogP contribution in [0.25, 0.3) is 0 Å². The van der Waals surface area contributed by atoms with Crippen molar-refractivity contribution in [1.29, 1.82) is 0 Å². The first-order chi connectivity index (χ1) is 12.1. The van der Waals surface area contributed by atoms with E-state index >= 15 is 0 Å². The smallest absolute Gasteiger partial charge is 0.254 e. The third kappa shape index (κ3) is 4.63. The highest BCUT2D eigenvalue weighted by Crippen LogP contribution is 2.11. The number of amides is 1. The van der Waals surface area contributed by atoms with Crippen molar-refractivity contribution in [3.8, 4) is 0 Å². The molecule has 3 aromatic rings. The second-order valence-corrected chi connectivity index (χ2v) is 5.91. The number of anilines is 2. The summed E-state index contributed by atoms with van der Waals surface area (Å²) in [6.45, 7) is 3.89. The van der Waals surface area contributed by atoms with Crippen molar-refractivity contribution < 1.29 is 4.79 Å². The van der Waals surface area contributed by atoms with Gasteiger partial charge >= 0.3 is 0 Å². The van der Waals surface area contributed by atoms with E-state index in [0.29, 0.717) is 17.9 Å². The molecule has 0 bridgehead atoms. The maximum atomic E-state index is 12.3. The van der Waals surface area contributed by atoms with Crippen molar-refractivity contribution in [2.45, 2.75) is 26.3 Å². The molecule has 0 saturated heterocycles. The monoisotopic (exact) mass is 336 g/mol. The number of H-pyrrole nitrogens is 1. The summed E-state index contributed by atoms with van der Waals surface area (Å²) < 4.78 is 0. The summed E-state index contributed by atoms with van der Waals surface area (Å²) in [6.07, 6.45) is 3.68. The van der Waals surface area contributed by atoms with E-state index in [4.69, 9.17) is 0 Å². The minimum absolute atomic E-state index is 0.0441. The zero-order chi connectivity index (χ0) is 17.6. The minimum atomic E-state index is -0.203. The Labute approximate surface area is 145 Å². The maximum Gasteiger partial charge on any atom is 0.254 e. The van der Waals surface area contributed by atoms with Gasteiger partial charge in [0.05, 0.1) is 11.3 Å². The van der Waals surface area contributed by atoms with Gasteiger partial charge in [-0.3, -0.25) is 9.89 Å². The van der Waals surface area contributed by atoms with Crippen LogP contribution in [-0.2, 0) is 6.42 Å². The molecular weight excluding hydrogens is 316 g/mol. The van der Waals surface area contributed by atoms with Gasteiger partial charge in [-0.1, -0.05) is 18.2 Å². The number of aromatic nitrogens is 4. The topological polar surface area (TPSA) is 95.6 Å². The van der Waals surface area contributed by atoms with E-state index in [1.54, 1.807) is 0 Å². The second-order valence-electron chi connectivity index (χ2n) is 5.91. The molecule has 2 aromatic heterocycles. The molecule has 25 heavy (non-hydrogen) atoms. The maximum absolute atomic E-state index is 12.3. The molecule has 1 unspecified atom stereocenters. The summed E-state index contributed by atoms with van der Waals surface area (Å²) >= 11 is 0. The van der Waals surface area contributed by atoms with E-state index in [1.165, 1.54) is 12.4 Å². The number of aromatic amines is 1. The van der Waals surface area contributed by atoms with E-state index in [9.17, 15) is 4.79 Å². The normalized spacial score (nSPS) is 11.8. The van der Waals surface area contributed by atoms with E-state index in [1.807, 2.05) is 50.2 Å². The van der Waals surface area contributed by atoms with E-state index in [-0.39, 0.29) is 11.9 Å². The van der Waals surface area contributed by atoms with Gasteiger partial charge in [-0.05, 0) is 32.0 Å². The lowest BCUT2D eigenvalue weighted by Gasteiger charge is -2.12. The summed E-state index contributed by atoms with van der Waals surface area (Å²) in [4.78, 5) is 20.7. The lowest BCUT2D eigenvalue weighted by Crippen LogP contribution is -2.34. The van der Waals surface area contributed by atoms with Gasteiger partial charge < -0.3 is 10.6 Å². The van der Waals surface area contributed by atoms with Crippen LogP contribution in [0.4, 0.5) is 11.6 Å². The fraction of sp³-hybridized carbons (Fsp3) is 0.222. The summed E-state index contributed by atoms with van der Waals surface area (Å²) in [5.74, 6) is 0.244. The molecule has 0 aliphatic rings. The fourth-order valence-electron chi connectivity index (χ4n) is 2.41. The lowest BCUT2D eigenvalue weighted by molar-refractivity contribution is 0.0939. The number of para-hydroxylation sites is 1. The molecule has 1 atom stereocenters. The van der Waals surface area contributed by atoms with Crippen LogP contribution in [0.1, 0.15) is 28.7 Å². The Balaban J connectivity index is 1.56. The molecule has 128 valence electrons. The van der Waals surface area contributed by atoms with Gasteiger partial charge in [0.25, 0.3) is 5.91 Å². The van der Waals surface area contributed by atoms with Crippen LogP contribution in [0.3, 0.4) is 0 Å². The number of nitrogens with one attached hydrogen (secondary N) is 3. The van der Waals surface area contributed by atoms with Gasteiger partial charge in [0.15, 0.2) is 0 Å². The predicted octanol–water partition coefficient (Wildman–Crippen LogP) is 2.61. The van der Waals surface area contributed by atoms with Gasteiger partial charge in [0, 0.05) is 36.2 Å². The third-order valence-electron chi connectivity index (χ3n) is 3.60. The van der Waals surface area contributed by atoms with Crippen LogP contribution >= 0.6 is 0 Å². The van der Waals surface area contributed by atoms with Crippen molar-refractivity contribution in [2.24, 2.45) is 0 Å². The Kier molecular flexibility index (Phi) is 5.03. The summed E-state index contributed by atoms with van der Waals surface area (Å²) in [6, 6.07) is 11.5. The van der Waals surface area contributed by atoms with Crippen molar-refractivity contribution >= 4 is 17.5 Å². The molecule has 2 heterocycles. The number of benzene rings is 1. The Hall–Kier alpha value is -3.22. The Morgan fingerprint density at radius 2 is 1.92 bits per heavy atom. The standard InChI is InChI=1S/C18H20N6O/c1-12(8-16-9-13(2)23-24-16)21-17(25)14-10-19-18(20-11-14)22-15-6-4-3-5-7-15/h3-7,9-12H,8H2,1-2H3,(H,21,25)(H,23,24)(H,19,20,22). The Morgan fingerprint density at radius 3 is 2.56 bits per heavy atom. The van der Waals surface area contributed by atoms with Gasteiger partial charge in [0.2, 0.25) is 5.95 Å². The van der Waals surface area contributed by atoms with Gasteiger partial charge in [-0.2, -0.15) is 5.10 Å². The average molecular weight is 336 g/mol. The number of hydrogen-bond acceptors (Lipinski definition) is 5. The molecule has 0 radical (unpaired) electrons. The van der Waals surface area contributed by atoms with E-state index < -0.39 is 0 Å². The molecule has 3 rings (SSSR count). The number of carbonyl (C=O) groups excluding carboxylic acids is 1.